The summed E-state index contributed by atoms with van der Waals surface area (Å²) in [4.78, 5) is 33.7. The molecule has 0 aliphatic carbocycles. The quantitative estimate of drug-likeness (QED) is 0.0262. The monoisotopic (exact) mass is 675 g/mol. The normalized spacial score (nSPS) is 13.6. The van der Waals surface area contributed by atoms with Crippen LogP contribution >= 0.6 is 7.82 Å². The molecule has 0 aliphatic heterocycles. The van der Waals surface area contributed by atoms with Crippen LogP contribution in [0.25, 0.3) is 0 Å². The number of phosphoric ester groups is 1. The van der Waals surface area contributed by atoms with E-state index < -0.39 is 26.5 Å². The molecule has 0 aliphatic rings. The number of esters is 1. The van der Waals surface area contributed by atoms with Crippen molar-refractivity contribution in [1.82, 2.24) is 5.32 Å². The molecule has 0 aromatic heterocycles. The van der Waals surface area contributed by atoms with Gasteiger partial charge in [-0.15, -0.1) is 0 Å². The molecule has 272 valence electrons. The maximum absolute atomic E-state index is 12.0. The van der Waals surface area contributed by atoms with Crippen LogP contribution in [-0.4, -0.2) is 54.3 Å². The molecular formula is C36H70NO8P. The summed E-state index contributed by atoms with van der Waals surface area (Å²) in [5, 5.41) is 12.6. The number of aliphatic hydroxyl groups is 1. The zero-order valence-corrected chi connectivity index (χ0v) is 30.4. The third-order valence-corrected chi connectivity index (χ3v) is 8.93. The van der Waals surface area contributed by atoms with Gasteiger partial charge in [-0.2, -0.15) is 0 Å². The number of ether oxygens (including phenoxy) is 1. The third-order valence-electron chi connectivity index (χ3n) is 7.95. The second-order valence-electron chi connectivity index (χ2n) is 12.6. The van der Waals surface area contributed by atoms with Gasteiger partial charge in [-0.05, 0) is 38.5 Å². The molecule has 46 heavy (non-hydrogen) atoms. The van der Waals surface area contributed by atoms with Crippen LogP contribution in [0.2, 0.25) is 0 Å². The fraction of sp³-hybridized carbons (Fsp3) is 0.889. The second kappa shape index (κ2) is 33.6. The van der Waals surface area contributed by atoms with Gasteiger partial charge >= 0.3 is 13.8 Å². The molecule has 3 N–H and O–H groups in total. The van der Waals surface area contributed by atoms with Crippen LogP contribution in [0.4, 0.5) is 0 Å². The van der Waals surface area contributed by atoms with E-state index in [1.165, 1.54) is 89.9 Å². The van der Waals surface area contributed by atoms with Crippen LogP contribution in [0.5, 0.6) is 0 Å². The predicted octanol–water partition coefficient (Wildman–Crippen LogP) is 9.49. The molecule has 0 fully saturated rings. The lowest BCUT2D eigenvalue weighted by Crippen LogP contribution is -2.27. The molecule has 0 bridgehead atoms. The first kappa shape index (κ1) is 44.8. The van der Waals surface area contributed by atoms with E-state index in [1.807, 2.05) is 0 Å². The highest BCUT2D eigenvalue weighted by atomic mass is 31.2. The first-order valence-electron chi connectivity index (χ1n) is 18.7. The molecule has 2 atom stereocenters. The molecule has 0 aromatic carbocycles. The van der Waals surface area contributed by atoms with Crippen LogP contribution in [0.3, 0.4) is 0 Å². The number of phosphoric acid groups is 1. The van der Waals surface area contributed by atoms with Crippen molar-refractivity contribution in [3.05, 3.63) is 12.2 Å². The lowest BCUT2D eigenvalue weighted by molar-refractivity contribution is -0.147. The van der Waals surface area contributed by atoms with E-state index in [9.17, 15) is 24.2 Å². The third kappa shape index (κ3) is 34.1. The Morgan fingerprint density at radius 1 is 0.652 bits per heavy atom. The summed E-state index contributed by atoms with van der Waals surface area (Å²) in [5.41, 5.74) is 0. The highest BCUT2D eigenvalue weighted by Crippen LogP contribution is 2.42. The Labute approximate surface area is 281 Å². The van der Waals surface area contributed by atoms with Gasteiger partial charge in [0.05, 0.1) is 13.2 Å². The number of aliphatic hydroxyl groups excluding tert-OH is 1. The van der Waals surface area contributed by atoms with E-state index in [2.05, 4.69) is 31.3 Å². The fourth-order valence-corrected chi connectivity index (χ4v) is 5.84. The lowest BCUT2D eigenvalue weighted by atomic mass is 10.0. The number of hydrogen-bond donors (Lipinski definition) is 3. The van der Waals surface area contributed by atoms with Gasteiger partial charge in [0, 0.05) is 19.4 Å². The molecule has 0 aromatic rings. The standard InChI is InChI=1S/C36H70NO8P/c1-3-5-7-9-11-13-15-17-19-21-23-25-27-29-36(40)43-32-34(38)33-45-46(41,42)44-31-30-37-35(39)28-26-24-22-20-18-16-14-12-10-8-6-4-2/h13,15,34,38H,3-12,14,16-33H2,1-2H3,(H,37,39)(H,41,42)/b15-13-. The summed E-state index contributed by atoms with van der Waals surface area (Å²) in [6, 6.07) is 0. The van der Waals surface area contributed by atoms with Crippen molar-refractivity contribution in [2.45, 2.75) is 180 Å². The van der Waals surface area contributed by atoms with E-state index in [-0.39, 0.29) is 32.1 Å². The molecule has 0 saturated carbocycles. The molecule has 10 heteroatoms. The highest BCUT2D eigenvalue weighted by Gasteiger charge is 2.23. The minimum Gasteiger partial charge on any atom is -0.463 e. The van der Waals surface area contributed by atoms with E-state index in [1.54, 1.807) is 0 Å². The van der Waals surface area contributed by atoms with Crippen LogP contribution in [0.15, 0.2) is 12.2 Å². The van der Waals surface area contributed by atoms with Crippen molar-refractivity contribution in [3.8, 4) is 0 Å². The maximum atomic E-state index is 12.0. The Bertz CT molecular complexity index is 779. The molecule has 1 amide bonds. The largest absolute Gasteiger partial charge is 0.472 e. The van der Waals surface area contributed by atoms with Crippen molar-refractivity contribution in [2.75, 3.05) is 26.4 Å². The summed E-state index contributed by atoms with van der Waals surface area (Å²) in [6.45, 7) is 3.52. The Hall–Kier alpha value is -1.25. The van der Waals surface area contributed by atoms with E-state index in [0.29, 0.717) is 6.42 Å². The molecule has 9 nitrogen and oxygen atoms in total. The van der Waals surface area contributed by atoms with Gasteiger partial charge in [-0.25, -0.2) is 4.57 Å². The Kier molecular flexibility index (Phi) is 32.7. The van der Waals surface area contributed by atoms with Crippen molar-refractivity contribution in [1.29, 1.82) is 0 Å². The van der Waals surface area contributed by atoms with Crippen molar-refractivity contribution < 1.29 is 37.9 Å². The summed E-state index contributed by atoms with van der Waals surface area (Å²) in [5.74, 6) is -0.523. The van der Waals surface area contributed by atoms with Crippen molar-refractivity contribution in [3.63, 3.8) is 0 Å². The molecule has 0 spiro atoms. The molecule has 0 heterocycles. The SMILES string of the molecule is CCCCCC/C=C\CCCCCCCC(=O)OCC(O)COP(=O)(O)OCCNC(=O)CCCCCCCCCCCCCC. The van der Waals surface area contributed by atoms with Crippen LogP contribution in [0.1, 0.15) is 174 Å². The van der Waals surface area contributed by atoms with Crippen molar-refractivity contribution >= 4 is 19.7 Å². The predicted molar refractivity (Wildman–Crippen MR) is 188 cm³/mol. The van der Waals surface area contributed by atoms with Gasteiger partial charge in [0.1, 0.15) is 12.7 Å². The van der Waals surface area contributed by atoms with Crippen LogP contribution in [-0.2, 0) is 27.9 Å². The number of nitrogens with one attached hydrogen (secondary N) is 1. The first-order valence-corrected chi connectivity index (χ1v) is 20.2. The van der Waals surface area contributed by atoms with Gasteiger partial charge in [-0.1, -0.05) is 135 Å². The average Bonchev–Trinajstić information content (AvgIpc) is 3.04. The van der Waals surface area contributed by atoms with E-state index in [4.69, 9.17) is 13.8 Å². The molecule has 0 rings (SSSR count). The number of carbonyl (C=O) groups is 2. The zero-order chi connectivity index (χ0) is 34.0. The van der Waals surface area contributed by atoms with Crippen molar-refractivity contribution in [2.24, 2.45) is 0 Å². The van der Waals surface area contributed by atoms with Crippen LogP contribution < -0.4 is 5.32 Å². The smallest absolute Gasteiger partial charge is 0.463 e. The first-order chi connectivity index (χ1) is 22.3. The maximum Gasteiger partial charge on any atom is 0.472 e. The minimum atomic E-state index is -4.40. The summed E-state index contributed by atoms with van der Waals surface area (Å²) in [7, 11) is -4.40. The van der Waals surface area contributed by atoms with Gasteiger partial charge in [0.25, 0.3) is 0 Å². The molecule has 0 radical (unpaired) electrons. The number of rotatable bonds is 35. The number of hydrogen-bond acceptors (Lipinski definition) is 7. The molecule has 2 unspecified atom stereocenters. The number of amides is 1. The fourth-order valence-electron chi connectivity index (χ4n) is 5.08. The van der Waals surface area contributed by atoms with Gasteiger partial charge in [-0.3, -0.25) is 18.6 Å². The lowest BCUT2D eigenvalue weighted by Gasteiger charge is -2.15. The summed E-state index contributed by atoms with van der Waals surface area (Å²) >= 11 is 0. The second-order valence-corrected chi connectivity index (χ2v) is 14.0. The van der Waals surface area contributed by atoms with Gasteiger partial charge in [0.15, 0.2) is 0 Å². The van der Waals surface area contributed by atoms with Gasteiger partial charge < -0.3 is 20.1 Å². The van der Waals surface area contributed by atoms with E-state index >= 15 is 0 Å². The Morgan fingerprint density at radius 3 is 1.65 bits per heavy atom. The highest BCUT2D eigenvalue weighted by molar-refractivity contribution is 7.47. The zero-order valence-electron chi connectivity index (χ0n) is 29.5. The van der Waals surface area contributed by atoms with Crippen LogP contribution in [0, 0.1) is 0 Å². The Balaban J connectivity index is 3.63. The van der Waals surface area contributed by atoms with Gasteiger partial charge in [0.2, 0.25) is 5.91 Å². The number of unbranched alkanes of at least 4 members (excludes halogenated alkanes) is 20. The summed E-state index contributed by atoms with van der Waals surface area (Å²) < 4.78 is 26.7. The Morgan fingerprint density at radius 2 is 1.11 bits per heavy atom. The molecular weight excluding hydrogens is 605 g/mol. The van der Waals surface area contributed by atoms with E-state index in [0.717, 1.165) is 57.8 Å². The average molecular weight is 676 g/mol. The summed E-state index contributed by atoms with van der Waals surface area (Å²) in [6.07, 6.45) is 31.4. The topological polar surface area (TPSA) is 131 Å². The number of allylic oxidation sites excluding steroid dienone is 2. The molecule has 0 saturated heterocycles. The number of carbonyl (C=O) groups excluding carboxylic acids is 2. The minimum absolute atomic E-state index is 0.0847.